The van der Waals surface area contributed by atoms with E-state index in [2.05, 4.69) is 4.74 Å². The van der Waals surface area contributed by atoms with Gasteiger partial charge in [-0.3, -0.25) is 9.69 Å². The molecule has 7 heteroatoms. The molecule has 0 aliphatic heterocycles. The second-order valence-corrected chi connectivity index (χ2v) is 6.26. The van der Waals surface area contributed by atoms with Crippen molar-refractivity contribution in [3.05, 3.63) is 59.7 Å². The van der Waals surface area contributed by atoms with E-state index >= 15 is 0 Å². The average Bonchev–Trinajstić information content (AvgIpc) is 2.63. The second-order valence-electron chi connectivity index (χ2n) is 6.26. The SMILES string of the molecule is COc1ccccc1CN(C)C(=O)CN(C)Cc1ccc(OC(F)F)cc1. The average molecular weight is 378 g/mol. The number of para-hydroxylation sites is 1. The van der Waals surface area contributed by atoms with Crippen molar-refractivity contribution >= 4 is 5.91 Å². The van der Waals surface area contributed by atoms with E-state index in [1.807, 2.05) is 36.2 Å². The number of carbonyl (C=O) groups excluding carboxylic acids is 1. The molecule has 2 aromatic carbocycles. The quantitative estimate of drug-likeness (QED) is 0.671. The summed E-state index contributed by atoms with van der Waals surface area (Å²) in [5.74, 6) is 0.835. The lowest BCUT2D eigenvalue weighted by Crippen LogP contribution is -2.36. The van der Waals surface area contributed by atoms with E-state index in [1.165, 1.54) is 12.1 Å². The van der Waals surface area contributed by atoms with Gasteiger partial charge in [-0.05, 0) is 30.8 Å². The number of alkyl halides is 2. The Kier molecular flexibility index (Phi) is 7.55. The molecule has 0 aliphatic rings. The maximum Gasteiger partial charge on any atom is 0.387 e. The zero-order valence-corrected chi connectivity index (χ0v) is 15.7. The number of benzene rings is 2. The van der Waals surface area contributed by atoms with E-state index < -0.39 is 6.61 Å². The van der Waals surface area contributed by atoms with Gasteiger partial charge >= 0.3 is 6.61 Å². The molecule has 2 rings (SSSR count). The number of rotatable bonds is 9. The Morgan fingerprint density at radius 1 is 1.04 bits per heavy atom. The van der Waals surface area contributed by atoms with Gasteiger partial charge in [-0.2, -0.15) is 8.78 Å². The molecule has 0 fully saturated rings. The lowest BCUT2D eigenvalue weighted by atomic mass is 10.2. The van der Waals surface area contributed by atoms with Gasteiger partial charge in [-0.1, -0.05) is 30.3 Å². The number of hydrogen-bond acceptors (Lipinski definition) is 4. The van der Waals surface area contributed by atoms with Crippen LogP contribution >= 0.6 is 0 Å². The molecule has 1 amide bonds. The fraction of sp³-hybridized carbons (Fsp3) is 0.350. The van der Waals surface area contributed by atoms with Crippen molar-refractivity contribution in [2.75, 3.05) is 27.7 Å². The largest absolute Gasteiger partial charge is 0.496 e. The van der Waals surface area contributed by atoms with Crippen molar-refractivity contribution < 1.29 is 23.0 Å². The Morgan fingerprint density at radius 3 is 2.33 bits per heavy atom. The Hall–Kier alpha value is -2.67. The van der Waals surface area contributed by atoms with Crippen LogP contribution in [0.5, 0.6) is 11.5 Å². The molecule has 0 unspecified atom stereocenters. The molecule has 146 valence electrons. The fourth-order valence-electron chi connectivity index (χ4n) is 2.67. The minimum absolute atomic E-state index is 0.0268. The summed E-state index contributed by atoms with van der Waals surface area (Å²) in [5.41, 5.74) is 1.84. The predicted octanol–water partition coefficient (Wildman–Crippen LogP) is 3.39. The lowest BCUT2D eigenvalue weighted by Gasteiger charge is -2.23. The summed E-state index contributed by atoms with van der Waals surface area (Å²) in [5, 5.41) is 0. The minimum Gasteiger partial charge on any atom is -0.496 e. The number of amides is 1. The van der Waals surface area contributed by atoms with Crippen LogP contribution in [0.25, 0.3) is 0 Å². The molecule has 0 atom stereocenters. The van der Waals surface area contributed by atoms with Crippen LogP contribution in [-0.4, -0.2) is 50.1 Å². The van der Waals surface area contributed by atoms with Crippen molar-refractivity contribution in [1.29, 1.82) is 0 Å². The number of halogens is 2. The summed E-state index contributed by atoms with van der Waals surface area (Å²) in [6.45, 7) is -1.63. The van der Waals surface area contributed by atoms with E-state index in [0.29, 0.717) is 13.1 Å². The van der Waals surface area contributed by atoms with Gasteiger partial charge in [0.2, 0.25) is 5.91 Å². The standard InChI is InChI=1S/C20H24F2N2O3/c1-23(12-15-8-10-17(11-9-15)27-20(21)22)14-19(25)24(2)13-16-6-4-5-7-18(16)26-3/h4-11,20H,12-14H2,1-3H3. The van der Waals surface area contributed by atoms with Gasteiger partial charge in [0.05, 0.1) is 13.7 Å². The fourth-order valence-corrected chi connectivity index (χ4v) is 2.67. The first kappa shape index (κ1) is 20.6. The molecule has 27 heavy (non-hydrogen) atoms. The molecule has 0 spiro atoms. The topological polar surface area (TPSA) is 42.0 Å². The van der Waals surface area contributed by atoms with Crippen LogP contribution in [0.3, 0.4) is 0 Å². The number of likely N-dealkylation sites (N-methyl/N-ethyl adjacent to an activating group) is 2. The van der Waals surface area contributed by atoms with E-state index in [9.17, 15) is 13.6 Å². The van der Waals surface area contributed by atoms with Gasteiger partial charge in [0, 0.05) is 25.7 Å². The minimum atomic E-state index is -2.84. The van der Waals surface area contributed by atoms with Gasteiger partial charge in [0.25, 0.3) is 0 Å². The number of carbonyl (C=O) groups is 1. The van der Waals surface area contributed by atoms with Crippen LogP contribution in [0, 0.1) is 0 Å². The van der Waals surface area contributed by atoms with Crippen LogP contribution < -0.4 is 9.47 Å². The Bertz CT molecular complexity index is 738. The van der Waals surface area contributed by atoms with Crippen molar-refractivity contribution in [3.8, 4) is 11.5 Å². The van der Waals surface area contributed by atoms with Crippen LogP contribution in [0.1, 0.15) is 11.1 Å². The maximum absolute atomic E-state index is 12.5. The van der Waals surface area contributed by atoms with Crippen LogP contribution in [0.4, 0.5) is 8.78 Å². The number of ether oxygens (including phenoxy) is 2. The van der Waals surface area contributed by atoms with Gasteiger partial charge in [-0.25, -0.2) is 0 Å². The highest BCUT2D eigenvalue weighted by molar-refractivity contribution is 5.78. The first-order valence-corrected chi connectivity index (χ1v) is 8.47. The summed E-state index contributed by atoms with van der Waals surface area (Å²) < 4.78 is 34.0. The molecule has 2 aromatic rings. The molecule has 0 saturated carbocycles. The van der Waals surface area contributed by atoms with E-state index in [1.54, 1.807) is 31.2 Å². The third kappa shape index (κ3) is 6.53. The normalized spacial score (nSPS) is 10.9. The molecule has 0 heterocycles. The van der Waals surface area contributed by atoms with Crippen LogP contribution in [0.15, 0.2) is 48.5 Å². The second kappa shape index (κ2) is 9.87. The summed E-state index contributed by atoms with van der Waals surface area (Å²) in [6.07, 6.45) is 0. The summed E-state index contributed by atoms with van der Waals surface area (Å²) in [6, 6.07) is 14.0. The first-order chi connectivity index (χ1) is 12.9. The predicted molar refractivity (Wildman–Crippen MR) is 98.9 cm³/mol. The summed E-state index contributed by atoms with van der Waals surface area (Å²) >= 11 is 0. The highest BCUT2D eigenvalue weighted by Gasteiger charge is 2.14. The summed E-state index contributed by atoms with van der Waals surface area (Å²) in [4.78, 5) is 16.0. The smallest absolute Gasteiger partial charge is 0.387 e. The number of nitrogens with zero attached hydrogens (tertiary/aromatic N) is 2. The molecular formula is C20H24F2N2O3. The molecule has 0 aliphatic carbocycles. The van der Waals surface area contributed by atoms with Crippen molar-refractivity contribution in [2.45, 2.75) is 19.7 Å². The summed E-state index contributed by atoms with van der Waals surface area (Å²) in [7, 11) is 5.18. The van der Waals surface area contributed by atoms with Crippen molar-refractivity contribution in [1.82, 2.24) is 9.80 Å². The van der Waals surface area contributed by atoms with Gasteiger partial charge < -0.3 is 14.4 Å². The van der Waals surface area contributed by atoms with Gasteiger partial charge in [0.1, 0.15) is 11.5 Å². The zero-order valence-electron chi connectivity index (χ0n) is 15.7. The first-order valence-electron chi connectivity index (χ1n) is 8.47. The molecule has 0 saturated heterocycles. The Balaban J connectivity index is 1.87. The van der Waals surface area contributed by atoms with Crippen molar-refractivity contribution in [3.63, 3.8) is 0 Å². The third-order valence-electron chi connectivity index (χ3n) is 4.03. The highest BCUT2D eigenvalue weighted by atomic mass is 19.3. The van der Waals surface area contributed by atoms with E-state index in [0.717, 1.165) is 16.9 Å². The monoisotopic (exact) mass is 378 g/mol. The molecule has 0 aromatic heterocycles. The Morgan fingerprint density at radius 2 is 1.70 bits per heavy atom. The molecule has 0 radical (unpaired) electrons. The number of methoxy groups -OCH3 is 1. The maximum atomic E-state index is 12.5. The molecule has 5 nitrogen and oxygen atoms in total. The van der Waals surface area contributed by atoms with Crippen molar-refractivity contribution in [2.24, 2.45) is 0 Å². The highest BCUT2D eigenvalue weighted by Crippen LogP contribution is 2.19. The molecule has 0 bridgehead atoms. The van der Waals surface area contributed by atoms with Crippen LogP contribution in [0.2, 0.25) is 0 Å². The van der Waals surface area contributed by atoms with Gasteiger partial charge in [-0.15, -0.1) is 0 Å². The molecular weight excluding hydrogens is 354 g/mol. The van der Waals surface area contributed by atoms with E-state index in [4.69, 9.17) is 4.74 Å². The van der Waals surface area contributed by atoms with Crippen LogP contribution in [-0.2, 0) is 17.9 Å². The van der Waals surface area contributed by atoms with Gasteiger partial charge in [0.15, 0.2) is 0 Å². The Labute approximate surface area is 158 Å². The zero-order chi connectivity index (χ0) is 19.8. The van der Waals surface area contributed by atoms with E-state index in [-0.39, 0.29) is 18.2 Å². The molecule has 0 N–H and O–H groups in total. The third-order valence-corrected chi connectivity index (χ3v) is 4.03. The lowest BCUT2D eigenvalue weighted by molar-refractivity contribution is -0.131. The number of hydrogen-bond donors (Lipinski definition) is 0.